The van der Waals surface area contributed by atoms with E-state index >= 15 is 0 Å². The molecule has 0 aliphatic carbocycles. The zero-order valence-corrected chi connectivity index (χ0v) is 23.0. The lowest BCUT2D eigenvalue weighted by molar-refractivity contribution is 0.669. The van der Waals surface area contributed by atoms with E-state index in [0.717, 1.165) is 54.6 Å². The minimum Gasteiger partial charge on any atom is -0.456 e. The molecule has 0 bridgehead atoms. The highest BCUT2D eigenvalue weighted by atomic mass is 16.3. The third kappa shape index (κ3) is 3.72. The zero-order chi connectivity index (χ0) is 33.6. The Bertz CT molecular complexity index is 2780. The SMILES string of the molecule is [2H]c1c([2H])c([2H])c2c(oc3c([2H])c(-c4ccccc4)c(-c4c5ccccc5c(-c5ccc6ccccc6c5)c5ccccc45)c([2H])c32)c1[2H]. The third-order valence-corrected chi connectivity index (χ3v) is 8.35. The van der Waals surface area contributed by atoms with Gasteiger partial charge >= 0.3 is 0 Å². The van der Waals surface area contributed by atoms with Gasteiger partial charge in [0.25, 0.3) is 0 Å². The van der Waals surface area contributed by atoms with Crippen LogP contribution in [0.2, 0.25) is 0 Å². The molecule has 1 heterocycles. The molecule has 1 aromatic heterocycles. The molecule has 0 spiro atoms. The van der Waals surface area contributed by atoms with E-state index in [0.29, 0.717) is 11.1 Å². The second kappa shape index (κ2) is 9.44. The van der Waals surface area contributed by atoms with Crippen molar-refractivity contribution in [2.24, 2.45) is 0 Å². The molecule has 0 fully saturated rings. The van der Waals surface area contributed by atoms with Gasteiger partial charge in [-0.1, -0.05) is 133 Å². The van der Waals surface area contributed by atoms with Gasteiger partial charge in [-0.15, -0.1) is 0 Å². The minimum absolute atomic E-state index is 0.0204. The van der Waals surface area contributed by atoms with Crippen molar-refractivity contribution in [2.75, 3.05) is 0 Å². The Balaban J connectivity index is 1.50. The van der Waals surface area contributed by atoms with Crippen LogP contribution in [0.4, 0.5) is 0 Å². The van der Waals surface area contributed by atoms with E-state index in [9.17, 15) is 2.74 Å². The molecule has 0 atom stereocenters. The van der Waals surface area contributed by atoms with Crippen LogP contribution in [0.15, 0.2) is 162 Å². The van der Waals surface area contributed by atoms with Gasteiger partial charge in [0, 0.05) is 10.8 Å². The molecule has 0 saturated heterocycles. The van der Waals surface area contributed by atoms with Crippen molar-refractivity contribution >= 4 is 54.3 Å². The van der Waals surface area contributed by atoms with E-state index in [1.165, 1.54) is 0 Å². The molecule has 43 heavy (non-hydrogen) atoms. The average Bonchev–Trinajstić information content (AvgIpc) is 3.56. The first-order chi connectivity index (χ1) is 23.8. The van der Waals surface area contributed by atoms with E-state index in [1.54, 1.807) is 0 Å². The van der Waals surface area contributed by atoms with Gasteiger partial charge in [-0.05, 0) is 89.9 Å². The van der Waals surface area contributed by atoms with Crippen molar-refractivity contribution in [3.8, 4) is 33.4 Å². The first-order valence-corrected chi connectivity index (χ1v) is 14.3. The van der Waals surface area contributed by atoms with Crippen LogP contribution in [0, 0.1) is 0 Å². The Morgan fingerprint density at radius 1 is 0.419 bits per heavy atom. The van der Waals surface area contributed by atoms with Gasteiger partial charge in [0.15, 0.2) is 0 Å². The highest BCUT2D eigenvalue weighted by Gasteiger charge is 2.21. The van der Waals surface area contributed by atoms with E-state index in [2.05, 4.69) is 54.6 Å². The maximum absolute atomic E-state index is 9.92. The molecule has 1 heteroatoms. The minimum atomic E-state index is -0.417. The number of hydrogen-bond donors (Lipinski definition) is 0. The Kier molecular flexibility index (Phi) is 4.11. The first kappa shape index (κ1) is 18.7. The summed E-state index contributed by atoms with van der Waals surface area (Å²) >= 11 is 0. The van der Waals surface area contributed by atoms with Crippen LogP contribution < -0.4 is 0 Å². The van der Waals surface area contributed by atoms with Gasteiger partial charge in [-0.25, -0.2) is 0 Å². The lowest BCUT2D eigenvalue weighted by Crippen LogP contribution is -1.93. The van der Waals surface area contributed by atoms with Gasteiger partial charge in [-0.3, -0.25) is 0 Å². The quantitative estimate of drug-likeness (QED) is 0.199. The van der Waals surface area contributed by atoms with Crippen molar-refractivity contribution < 1.29 is 12.6 Å². The summed E-state index contributed by atoms with van der Waals surface area (Å²) in [4.78, 5) is 0. The monoisotopic (exact) mass is 552 g/mol. The summed E-state index contributed by atoms with van der Waals surface area (Å²) in [5.74, 6) is 0. The van der Waals surface area contributed by atoms with Crippen molar-refractivity contribution in [1.29, 1.82) is 0 Å². The molecule has 0 aliphatic rings. The molecule has 1 nitrogen and oxygen atoms in total. The van der Waals surface area contributed by atoms with Crippen LogP contribution >= 0.6 is 0 Å². The Hall–Kier alpha value is -5.66. The van der Waals surface area contributed by atoms with Crippen molar-refractivity contribution in [3.63, 3.8) is 0 Å². The summed E-state index contributed by atoms with van der Waals surface area (Å²) in [6.45, 7) is 0. The van der Waals surface area contributed by atoms with Crippen LogP contribution in [-0.2, 0) is 0 Å². The third-order valence-electron chi connectivity index (χ3n) is 8.35. The predicted molar refractivity (Wildman–Crippen MR) is 183 cm³/mol. The van der Waals surface area contributed by atoms with E-state index in [-0.39, 0.29) is 46.1 Å². The number of furan rings is 1. The standard InChI is InChI=1S/C42H26O/c1-2-13-28(14-3-1)36-26-40-37(31-16-10-11-21-39(31)43-40)25-38(36)42-34-19-8-6-17-32(34)41(33-18-7-9-20-35(33)42)30-23-22-27-12-4-5-15-29(27)24-30/h1-26H/i10D,11D,16D,21D,25D,26D. The maximum atomic E-state index is 9.92. The summed E-state index contributed by atoms with van der Waals surface area (Å²) in [5, 5.41) is 6.41. The number of benzene rings is 8. The summed E-state index contributed by atoms with van der Waals surface area (Å²) in [5.41, 5.74) is 4.67. The van der Waals surface area contributed by atoms with Crippen LogP contribution in [0.25, 0.3) is 87.6 Å². The molecule has 0 radical (unpaired) electrons. The Morgan fingerprint density at radius 3 is 1.79 bits per heavy atom. The number of fused-ring (bicyclic) bond motifs is 6. The lowest BCUT2D eigenvalue weighted by Gasteiger charge is -2.20. The molecule has 0 unspecified atom stereocenters. The van der Waals surface area contributed by atoms with Crippen molar-refractivity contribution in [3.05, 3.63) is 158 Å². The molecule has 8 aromatic carbocycles. The van der Waals surface area contributed by atoms with E-state index < -0.39 is 12.1 Å². The van der Waals surface area contributed by atoms with Gasteiger partial charge < -0.3 is 4.42 Å². The number of rotatable bonds is 3. The van der Waals surface area contributed by atoms with E-state index in [1.807, 2.05) is 66.7 Å². The smallest absolute Gasteiger partial charge is 0.136 e. The highest BCUT2D eigenvalue weighted by Crippen LogP contribution is 2.48. The normalized spacial score (nSPS) is 13.7. The fraction of sp³-hybridized carbons (Fsp3) is 0. The van der Waals surface area contributed by atoms with Gasteiger partial charge in [0.2, 0.25) is 0 Å². The second-order valence-electron chi connectivity index (χ2n) is 10.8. The summed E-state index contributed by atoms with van der Waals surface area (Å²) in [6, 6.07) is 39.3. The molecule has 0 amide bonds. The second-order valence-corrected chi connectivity index (χ2v) is 10.8. The molecular formula is C42H26O. The zero-order valence-electron chi connectivity index (χ0n) is 29.0. The molecular weight excluding hydrogens is 520 g/mol. The van der Waals surface area contributed by atoms with Gasteiger partial charge in [0.1, 0.15) is 11.2 Å². The Labute approximate surface area is 257 Å². The van der Waals surface area contributed by atoms with Crippen LogP contribution in [0.1, 0.15) is 8.22 Å². The summed E-state index contributed by atoms with van der Waals surface area (Å²) < 4.78 is 59.8. The van der Waals surface area contributed by atoms with Crippen molar-refractivity contribution in [2.45, 2.75) is 0 Å². The van der Waals surface area contributed by atoms with E-state index in [4.69, 9.17) is 9.90 Å². The molecule has 200 valence electrons. The van der Waals surface area contributed by atoms with Gasteiger partial charge in [0.05, 0.1) is 8.22 Å². The topological polar surface area (TPSA) is 13.1 Å². The number of hydrogen-bond acceptors (Lipinski definition) is 1. The fourth-order valence-electron chi connectivity index (χ4n) is 6.45. The highest BCUT2D eigenvalue weighted by molar-refractivity contribution is 6.23. The summed E-state index contributed by atoms with van der Waals surface area (Å²) in [7, 11) is 0. The Morgan fingerprint density at radius 2 is 1.05 bits per heavy atom. The largest absolute Gasteiger partial charge is 0.456 e. The fourth-order valence-corrected chi connectivity index (χ4v) is 6.45. The molecule has 0 saturated carbocycles. The van der Waals surface area contributed by atoms with Crippen LogP contribution in [-0.4, -0.2) is 0 Å². The molecule has 9 aromatic rings. The molecule has 9 rings (SSSR count). The maximum Gasteiger partial charge on any atom is 0.136 e. The van der Waals surface area contributed by atoms with Crippen molar-refractivity contribution in [1.82, 2.24) is 0 Å². The number of para-hydroxylation sites is 1. The molecule has 0 aliphatic heterocycles. The molecule has 0 N–H and O–H groups in total. The summed E-state index contributed by atoms with van der Waals surface area (Å²) in [6.07, 6.45) is 0. The first-order valence-electron chi connectivity index (χ1n) is 17.3. The predicted octanol–water partition coefficient (Wildman–Crippen LogP) is 12.0. The average molecular weight is 553 g/mol. The van der Waals surface area contributed by atoms with Crippen LogP contribution in [0.5, 0.6) is 0 Å². The lowest BCUT2D eigenvalue weighted by atomic mass is 9.83. The van der Waals surface area contributed by atoms with Crippen LogP contribution in [0.3, 0.4) is 0 Å². The van der Waals surface area contributed by atoms with Gasteiger partial charge in [-0.2, -0.15) is 0 Å².